The first-order valence-corrected chi connectivity index (χ1v) is 11.5. The third-order valence-corrected chi connectivity index (χ3v) is 9.20. The number of fused-ring (bicyclic) bond motifs is 5. The van der Waals surface area contributed by atoms with Gasteiger partial charge in [-0.1, -0.05) is 0 Å². The topological polar surface area (TPSA) is 52.6 Å². The van der Waals surface area contributed by atoms with E-state index in [0.717, 1.165) is 32.1 Å². The van der Waals surface area contributed by atoms with Gasteiger partial charge in [-0.3, -0.25) is 4.79 Å². The van der Waals surface area contributed by atoms with Crippen LogP contribution in [0.5, 0.6) is 0 Å². The number of carbonyl (C=O) groups excluding carboxylic acids is 2. The number of hydrogen-bond acceptors (Lipinski definition) is 4. The summed E-state index contributed by atoms with van der Waals surface area (Å²) < 4.78 is 14.6. The van der Waals surface area contributed by atoms with E-state index >= 15 is 0 Å². The number of carbonyl (C=O) groups is 2. The summed E-state index contributed by atoms with van der Waals surface area (Å²) in [5.41, 5.74) is -0.575. The normalized spacial score (nSPS) is 45.1. The first-order chi connectivity index (χ1) is 13.6. The molecule has 0 saturated heterocycles. The molecule has 0 aromatic heterocycles. The standard InChI is InChI=1S/C24H31O4.Cr/c1-15(25)27-18-8-11-22(3)17(14-18)6-7-19-20(22)9-12-23(4)21(19)10-13-24(23,5)28-16(2)26;/h8,11,14,17,19-21H,6-7,9-10,12-13H2,1-4H3;/t17?,19?,20?,21?,22-,23-,24-;/m0./s1. The van der Waals surface area contributed by atoms with Crippen LogP contribution >= 0.6 is 0 Å². The van der Waals surface area contributed by atoms with Crippen molar-refractivity contribution in [3.63, 3.8) is 0 Å². The van der Waals surface area contributed by atoms with Crippen LogP contribution in [0.15, 0.2) is 24.0 Å². The fourth-order valence-electron chi connectivity index (χ4n) is 7.28. The summed E-state index contributed by atoms with van der Waals surface area (Å²) in [4.78, 5) is 23.2. The SMILES string of the molecule is CC(=O)OC1=CC2CCC3C(CC[C@@]4(C)C3CC[C@]4([C]#[Cr])OC(C)=O)[C@@]2(C)C=C1. The van der Waals surface area contributed by atoms with Crippen molar-refractivity contribution in [2.75, 3.05) is 0 Å². The Kier molecular flexibility index (Phi) is 5.18. The van der Waals surface area contributed by atoms with Gasteiger partial charge in [0.15, 0.2) is 0 Å². The van der Waals surface area contributed by atoms with Crippen LogP contribution in [-0.4, -0.2) is 17.5 Å². The van der Waals surface area contributed by atoms with Crippen LogP contribution in [0.1, 0.15) is 66.2 Å². The van der Waals surface area contributed by atoms with Crippen molar-refractivity contribution in [3.8, 4) is 4.69 Å². The zero-order valence-corrected chi connectivity index (χ0v) is 19.1. The van der Waals surface area contributed by atoms with Gasteiger partial charge in [-0.05, 0) is 0 Å². The molecule has 0 bridgehead atoms. The predicted octanol–water partition coefficient (Wildman–Crippen LogP) is 4.67. The van der Waals surface area contributed by atoms with E-state index in [1.807, 2.05) is 6.08 Å². The zero-order valence-electron chi connectivity index (χ0n) is 17.8. The van der Waals surface area contributed by atoms with Crippen molar-refractivity contribution in [1.29, 1.82) is 0 Å². The van der Waals surface area contributed by atoms with Crippen LogP contribution in [0.4, 0.5) is 0 Å². The Morgan fingerprint density at radius 3 is 2.45 bits per heavy atom. The number of ether oxygens (including phenoxy) is 2. The van der Waals surface area contributed by atoms with Gasteiger partial charge in [0, 0.05) is 6.92 Å². The quantitative estimate of drug-likeness (QED) is 0.592. The third-order valence-electron chi connectivity index (χ3n) is 8.68. The second kappa shape index (κ2) is 7.16. The van der Waals surface area contributed by atoms with Gasteiger partial charge >= 0.3 is 170 Å². The Bertz CT molecular complexity index is 838. The van der Waals surface area contributed by atoms with Crippen LogP contribution in [-0.2, 0) is 34.7 Å². The van der Waals surface area contributed by atoms with Crippen LogP contribution in [0.2, 0.25) is 0 Å². The molecule has 3 saturated carbocycles. The number of esters is 2. The molecule has 7 atom stereocenters. The first kappa shape index (κ1) is 21.0. The summed E-state index contributed by atoms with van der Waals surface area (Å²) in [5, 5.41) is 0. The molecule has 157 valence electrons. The molecule has 0 aromatic rings. The first-order valence-electron chi connectivity index (χ1n) is 10.8. The molecule has 29 heavy (non-hydrogen) atoms. The van der Waals surface area contributed by atoms with Crippen molar-refractivity contribution in [2.45, 2.75) is 71.8 Å². The van der Waals surface area contributed by atoms with Gasteiger partial charge in [0.25, 0.3) is 0 Å². The molecule has 5 heteroatoms. The molecular formula is C24H31CrO4. The fraction of sp³-hybridized carbons (Fsp3) is 0.708. The molecule has 0 aliphatic heterocycles. The fourth-order valence-corrected chi connectivity index (χ4v) is 7.87. The summed E-state index contributed by atoms with van der Waals surface area (Å²) in [6, 6.07) is 0. The van der Waals surface area contributed by atoms with E-state index in [0.29, 0.717) is 29.4 Å². The summed E-state index contributed by atoms with van der Waals surface area (Å²) >= 11 is 2.95. The van der Waals surface area contributed by atoms with E-state index in [1.54, 1.807) is 0 Å². The Morgan fingerprint density at radius 2 is 1.79 bits per heavy atom. The van der Waals surface area contributed by atoms with Crippen molar-refractivity contribution < 1.29 is 34.7 Å². The predicted molar refractivity (Wildman–Crippen MR) is 105 cm³/mol. The summed E-state index contributed by atoms with van der Waals surface area (Å²) in [6.45, 7) is 7.66. The Labute approximate surface area is 181 Å². The zero-order chi connectivity index (χ0) is 21.0. The average molecular weight is 436 g/mol. The van der Waals surface area contributed by atoms with E-state index in [2.05, 4.69) is 46.3 Å². The number of rotatable bonds is 2. The molecule has 4 rings (SSSR count). The van der Waals surface area contributed by atoms with Gasteiger partial charge in [-0.2, -0.15) is 0 Å². The third kappa shape index (κ3) is 3.09. The molecule has 0 aromatic carbocycles. The summed E-state index contributed by atoms with van der Waals surface area (Å²) in [7, 11) is 0. The van der Waals surface area contributed by atoms with E-state index in [1.165, 1.54) is 20.3 Å². The Balaban J connectivity index is 1.62. The Hall–Kier alpha value is -1.27. The van der Waals surface area contributed by atoms with Gasteiger partial charge in [0.05, 0.1) is 0 Å². The van der Waals surface area contributed by atoms with Crippen molar-refractivity contribution in [3.05, 3.63) is 24.0 Å². The molecule has 3 fully saturated rings. The van der Waals surface area contributed by atoms with Gasteiger partial charge in [0.1, 0.15) is 0 Å². The van der Waals surface area contributed by atoms with Crippen molar-refractivity contribution in [1.82, 2.24) is 0 Å². The van der Waals surface area contributed by atoms with E-state index in [4.69, 9.17) is 9.47 Å². The van der Waals surface area contributed by atoms with Gasteiger partial charge in [-0.25, -0.2) is 0 Å². The number of allylic oxidation sites excluding steroid dienone is 3. The van der Waals surface area contributed by atoms with E-state index < -0.39 is 5.60 Å². The minimum absolute atomic E-state index is 0.0641. The Morgan fingerprint density at radius 1 is 1.07 bits per heavy atom. The van der Waals surface area contributed by atoms with E-state index in [9.17, 15) is 9.59 Å². The molecule has 4 aliphatic carbocycles. The second-order valence-corrected chi connectivity index (χ2v) is 10.3. The van der Waals surface area contributed by atoms with Gasteiger partial charge in [-0.15, -0.1) is 0 Å². The summed E-state index contributed by atoms with van der Waals surface area (Å²) in [5.74, 6) is 2.37. The van der Waals surface area contributed by atoms with Crippen LogP contribution in [0.3, 0.4) is 0 Å². The van der Waals surface area contributed by atoms with Crippen LogP contribution in [0, 0.1) is 39.2 Å². The van der Waals surface area contributed by atoms with Gasteiger partial charge in [0.2, 0.25) is 0 Å². The maximum absolute atomic E-state index is 11.9. The monoisotopic (exact) mass is 435 g/mol. The molecule has 0 N–H and O–H groups in total. The minimum atomic E-state index is -0.600. The second-order valence-electron chi connectivity index (χ2n) is 9.94. The van der Waals surface area contributed by atoms with Crippen molar-refractivity contribution in [2.24, 2.45) is 34.5 Å². The molecule has 0 spiro atoms. The molecule has 0 heterocycles. The molecule has 4 unspecified atom stereocenters. The maximum atomic E-state index is 11.9. The molecule has 4 nitrogen and oxygen atoms in total. The average Bonchev–Trinajstić information content (AvgIpc) is 2.94. The van der Waals surface area contributed by atoms with E-state index in [-0.39, 0.29) is 22.8 Å². The van der Waals surface area contributed by atoms with Gasteiger partial charge < -0.3 is 0 Å². The molecular weight excluding hydrogens is 404 g/mol. The van der Waals surface area contributed by atoms with Crippen molar-refractivity contribution >= 4 is 11.9 Å². The molecule has 4 aliphatic rings. The molecule has 0 amide bonds. The number of hydrogen-bond donors (Lipinski definition) is 0. The van der Waals surface area contributed by atoms with Crippen LogP contribution < -0.4 is 0 Å². The molecule has 0 radical (unpaired) electrons. The summed E-state index contributed by atoms with van der Waals surface area (Å²) in [6.07, 6.45) is 12.8. The van der Waals surface area contributed by atoms with Crippen LogP contribution in [0.25, 0.3) is 0 Å².